The third-order valence-corrected chi connectivity index (χ3v) is 6.44. The minimum absolute atomic E-state index is 0.0604. The van der Waals surface area contributed by atoms with Crippen LogP contribution in [0.15, 0.2) is 71.6 Å². The molecule has 0 spiro atoms. The van der Waals surface area contributed by atoms with E-state index in [1.165, 1.54) is 31.4 Å². The van der Waals surface area contributed by atoms with Gasteiger partial charge in [-0.3, -0.25) is 9.52 Å². The quantitative estimate of drug-likeness (QED) is 0.472. The third kappa shape index (κ3) is 6.04. The fourth-order valence-electron chi connectivity index (χ4n) is 3.22. The van der Waals surface area contributed by atoms with Crippen molar-refractivity contribution in [3.63, 3.8) is 0 Å². The van der Waals surface area contributed by atoms with Crippen LogP contribution >= 0.6 is 0 Å². The van der Waals surface area contributed by atoms with E-state index < -0.39 is 16.1 Å². The van der Waals surface area contributed by atoms with Gasteiger partial charge in [0.2, 0.25) is 0 Å². The van der Waals surface area contributed by atoms with E-state index in [1.807, 2.05) is 44.2 Å². The highest BCUT2D eigenvalue weighted by Gasteiger charge is 2.19. The van der Waals surface area contributed by atoms with Gasteiger partial charge in [-0.1, -0.05) is 31.2 Å². The van der Waals surface area contributed by atoms with Crippen LogP contribution in [-0.4, -0.2) is 27.5 Å². The first kappa shape index (κ1) is 24.1. The first-order valence-electron chi connectivity index (χ1n) is 10.6. The largest absolute Gasteiger partial charge is 0.495 e. The molecule has 2 N–H and O–H groups in total. The number of amides is 1. The number of ether oxygens (including phenoxy) is 2. The van der Waals surface area contributed by atoms with Crippen LogP contribution < -0.4 is 19.5 Å². The van der Waals surface area contributed by atoms with Gasteiger partial charge < -0.3 is 14.8 Å². The summed E-state index contributed by atoms with van der Waals surface area (Å²) >= 11 is 0. The van der Waals surface area contributed by atoms with Crippen LogP contribution in [0.3, 0.4) is 0 Å². The van der Waals surface area contributed by atoms with Crippen molar-refractivity contribution in [2.24, 2.45) is 0 Å². The average Bonchev–Trinajstić information content (AvgIpc) is 2.79. The Balaban J connectivity index is 1.68. The summed E-state index contributed by atoms with van der Waals surface area (Å²) in [6.07, 6.45) is 0.0691. The molecule has 0 aromatic heterocycles. The topological polar surface area (TPSA) is 93.7 Å². The summed E-state index contributed by atoms with van der Waals surface area (Å²) in [6, 6.07) is 18.7. The van der Waals surface area contributed by atoms with Gasteiger partial charge in [-0.15, -0.1) is 0 Å². The molecule has 0 bridgehead atoms. The zero-order chi connectivity index (χ0) is 24.0. The van der Waals surface area contributed by atoms with Gasteiger partial charge in [0.1, 0.15) is 11.5 Å². The monoisotopic (exact) mass is 468 g/mol. The molecule has 0 fully saturated rings. The Morgan fingerprint density at radius 1 is 1.00 bits per heavy atom. The van der Waals surface area contributed by atoms with Gasteiger partial charge in [-0.05, 0) is 73.9 Å². The summed E-state index contributed by atoms with van der Waals surface area (Å²) in [6.45, 7) is 5.55. The molecule has 7 nitrogen and oxygen atoms in total. The van der Waals surface area contributed by atoms with E-state index in [-0.39, 0.29) is 10.8 Å². The van der Waals surface area contributed by atoms with Crippen molar-refractivity contribution in [3.8, 4) is 11.5 Å². The van der Waals surface area contributed by atoms with Crippen molar-refractivity contribution >= 4 is 27.3 Å². The fourth-order valence-corrected chi connectivity index (χ4v) is 4.28. The first-order chi connectivity index (χ1) is 15.7. The van der Waals surface area contributed by atoms with Gasteiger partial charge in [-0.2, -0.15) is 0 Å². The Kier molecular flexibility index (Phi) is 7.60. The van der Waals surface area contributed by atoms with Crippen molar-refractivity contribution < 1.29 is 22.7 Å². The van der Waals surface area contributed by atoms with E-state index in [0.717, 1.165) is 17.5 Å². The highest BCUT2D eigenvalue weighted by atomic mass is 32.2. The number of sulfonamides is 1. The molecule has 1 atom stereocenters. The lowest BCUT2D eigenvalue weighted by Crippen LogP contribution is -2.30. The van der Waals surface area contributed by atoms with Crippen LogP contribution in [0.2, 0.25) is 0 Å². The molecule has 3 rings (SSSR count). The van der Waals surface area contributed by atoms with Crippen LogP contribution in [0.5, 0.6) is 11.5 Å². The highest BCUT2D eigenvalue weighted by Crippen LogP contribution is 2.28. The Labute approximate surface area is 194 Å². The lowest BCUT2D eigenvalue weighted by Gasteiger charge is -2.17. The van der Waals surface area contributed by atoms with Gasteiger partial charge in [-0.25, -0.2) is 8.42 Å². The molecular formula is C25H28N2O5S. The van der Waals surface area contributed by atoms with Crippen LogP contribution in [-0.2, 0) is 21.2 Å². The molecule has 174 valence electrons. The van der Waals surface area contributed by atoms with Gasteiger partial charge >= 0.3 is 0 Å². The summed E-state index contributed by atoms with van der Waals surface area (Å²) < 4.78 is 39.2. The Morgan fingerprint density at radius 2 is 1.70 bits per heavy atom. The van der Waals surface area contributed by atoms with Gasteiger partial charge in [0.15, 0.2) is 6.10 Å². The summed E-state index contributed by atoms with van der Waals surface area (Å²) in [7, 11) is -2.36. The molecule has 1 amide bonds. The number of anilines is 2. The maximum absolute atomic E-state index is 12.8. The van der Waals surface area contributed by atoms with E-state index >= 15 is 0 Å². The Morgan fingerprint density at radius 3 is 2.36 bits per heavy atom. The van der Waals surface area contributed by atoms with Crippen molar-refractivity contribution in [2.75, 3.05) is 17.1 Å². The number of hydrogen-bond donors (Lipinski definition) is 2. The predicted octanol–water partition coefficient (Wildman–Crippen LogP) is 4.77. The van der Waals surface area contributed by atoms with E-state index in [4.69, 9.17) is 9.47 Å². The SMILES string of the molecule is CCc1ccccc1OC(C)C(=O)Nc1ccc(S(=O)(=O)Nc2cc(C)ccc2OC)cc1. The maximum Gasteiger partial charge on any atom is 0.265 e. The fraction of sp³-hybridized carbons (Fsp3) is 0.240. The molecule has 0 radical (unpaired) electrons. The van der Waals surface area contributed by atoms with Crippen molar-refractivity contribution in [3.05, 3.63) is 77.9 Å². The van der Waals surface area contributed by atoms with Crippen molar-refractivity contribution in [1.29, 1.82) is 0 Å². The van der Waals surface area contributed by atoms with Crippen LogP contribution in [0, 0.1) is 6.92 Å². The van der Waals surface area contributed by atoms with Crippen LogP contribution in [0.4, 0.5) is 11.4 Å². The standard InChI is InChI=1S/C25H28N2O5S/c1-5-19-8-6-7-9-23(19)32-18(3)25(28)26-20-11-13-21(14-12-20)33(29,30)27-22-16-17(2)10-15-24(22)31-4/h6-16,18,27H,5H2,1-4H3,(H,26,28). The number of carbonyl (C=O) groups is 1. The number of benzene rings is 3. The molecule has 3 aromatic rings. The van der Waals surface area contributed by atoms with Gasteiger partial charge in [0.05, 0.1) is 17.7 Å². The van der Waals surface area contributed by atoms with Gasteiger partial charge in [0, 0.05) is 5.69 Å². The molecule has 33 heavy (non-hydrogen) atoms. The third-order valence-electron chi connectivity index (χ3n) is 5.06. The van der Waals surface area contributed by atoms with Crippen LogP contribution in [0.25, 0.3) is 0 Å². The summed E-state index contributed by atoms with van der Waals surface area (Å²) in [4.78, 5) is 12.6. The second-order valence-electron chi connectivity index (χ2n) is 7.54. The van der Waals surface area contributed by atoms with E-state index in [0.29, 0.717) is 22.9 Å². The van der Waals surface area contributed by atoms with Gasteiger partial charge in [0.25, 0.3) is 15.9 Å². The molecule has 0 aliphatic rings. The summed E-state index contributed by atoms with van der Waals surface area (Å²) in [5.74, 6) is 0.757. The molecule has 0 saturated carbocycles. The van der Waals surface area contributed by atoms with Crippen molar-refractivity contribution in [2.45, 2.75) is 38.2 Å². The first-order valence-corrected chi connectivity index (χ1v) is 12.0. The second kappa shape index (κ2) is 10.4. The number of rotatable bonds is 9. The maximum atomic E-state index is 12.8. The minimum atomic E-state index is -3.84. The molecule has 8 heteroatoms. The van der Waals surface area contributed by atoms with E-state index in [2.05, 4.69) is 10.0 Å². The number of hydrogen-bond acceptors (Lipinski definition) is 5. The lowest BCUT2D eigenvalue weighted by molar-refractivity contribution is -0.122. The normalized spacial score (nSPS) is 12.0. The molecular weight excluding hydrogens is 440 g/mol. The number of nitrogens with one attached hydrogen (secondary N) is 2. The van der Waals surface area contributed by atoms with Crippen LogP contribution in [0.1, 0.15) is 25.0 Å². The summed E-state index contributed by atoms with van der Waals surface area (Å²) in [5.41, 5.74) is 2.73. The Hall–Kier alpha value is -3.52. The zero-order valence-electron chi connectivity index (χ0n) is 19.1. The summed E-state index contributed by atoms with van der Waals surface area (Å²) in [5, 5.41) is 2.75. The number of para-hydroxylation sites is 1. The Bertz CT molecular complexity index is 1220. The average molecular weight is 469 g/mol. The molecule has 0 aliphatic heterocycles. The van der Waals surface area contributed by atoms with E-state index in [1.54, 1.807) is 19.1 Å². The smallest absolute Gasteiger partial charge is 0.265 e. The number of aryl methyl sites for hydroxylation is 2. The molecule has 1 unspecified atom stereocenters. The minimum Gasteiger partial charge on any atom is -0.495 e. The lowest BCUT2D eigenvalue weighted by atomic mass is 10.1. The molecule has 0 saturated heterocycles. The molecule has 0 aliphatic carbocycles. The number of methoxy groups -OCH3 is 1. The zero-order valence-corrected chi connectivity index (χ0v) is 19.9. The second-order valence-corrected chi connectivity index (χ2v) is 9.23. The predicted molar refractivity (Wildman–Crippen MR) is 130 cm³/mol. The molecule has 0 heterocycles. The van der Waals surface area contributed by atoms with Crippen molar-refractivity contribution in [1.82, 2.24) is 0 Å². The number of carbonyl (C=O) groups excluding carboxylic acids is 1. The molecule has 3 aromatic carbocycles. The van der Waals surface area contributed by atoms with E-state index in [9.17, 15) is 13.2 Å². The highest BCUT2D eigenvalue weighted by molar-refractivity contribution is 7.92.